The zero-order chi connectivity index (χ0) is 18.6. The van der Waals surface area contributed by atoms with E-state index in [0.717, 1.165) is 81.4 Å². The van der Waals surface area contributed by atoms with Crippen molar-refractivity contribution in [2.45, 2.75) is 26.2 Å². The zero-order valence-corrected chi connectivity index (χ0v) is 15.8. The van der Waals surface area contributed by atoms with Gasteiger partial charge in [-0.25, -0.2) is 15.0 Å². The predicted molar refractivity (Wildman–Crippen MR) is 105 cm³/mol. The van der Waals surface area contributed by atoms with Crippen molar-refractivity contribution in [3.8, 4) is 0 Å². The fourth-order valence-corrected chi connectivity index (χ4v) is 3.81. The lowest BCUT2D eigenvalue weighted by Crippen LogP contribution is -2.47. The van der Waals surface area contributed by atoms with Gasteiger partial charge in [0.1, 0.15) is 18.0 Å². The molecule has 27 heavy (non-hydrogen) atoms. The van der Waals surface area contributed by atoms with Crippen molar-refractivity contribution in [3.63, 3.8) is 0 Å². The molecule has 4 rings (SSSR count). The van der Waals surface area contributed by atoms with Gasteiger partial charge >= 0.3 is 0 Å². The Morgan fingerprint density at radius 3 is 2.48 bits per heavy atom. The molecule has 2 aromatic rings. The number of aromatic nitrogens is 3. The number of amides is 1. The third kappa shape index (κ3) is 3.72. The molecule has 0 unspecified atom stereocenters. The maximum atomic E-state index is 12.9. The summed E-state index contributed by atoms with van der Waals surface area (Å²) in [6.07, 6.45) is 6.52. The fraction of sp³-hybridized carbons (Fsp3) is 0.500. The van der Waals surface area contributed by atoms with E-state index >= 15 is 0 Å². The normalized spacial score (nSPS) is 17.4. The van der Waals surface area contributed by atoms with Crippen LogP contribution in [0.2, 0.25) is 0 Å². The van der Waals surface area contributed by atoms with Gasteiger partial charge in [0.25, 0.3) is 5.91 Å². The molecule has 7 nitrogen and oxygen atoms in total. The van der Waals surface area contributed by atoms with E-state index in [2.05, 4.69) is 37.7 Å². The largest absolute Gasteiger partial charge is 0.353 e. The molecule has 4 heterocycles. The van der Waals surface area contributed by atoms with E-state index in [1.165, 1.54) is 0 Å². The molecule has 2 aliphatic heterocycles. The summed E-state index contributed by atoms with van der Waals surface area (Å²) in [7, 11) is 0. The molecule has 7 heteroatoms. The zero-order valence-electron chi connectivity index (χ0n) is 15.8. The van der Waals surface area contributed by atoms with Crippen molar-refractivity contribution in [1.82, 2.24) is 19.9 Å². The van der Waals surface area contributed by atoms with Gasteiger partial charge in [-0.1, -0.05) is 6.92 Å². The van der Waals surface area contributed by atoms with E-state index in [1.807, 2.05) is 17.0 Å². The van der Waals surface area contributed by atoms with Crippen LogP contribution >= 0.6 is 0 Å². The summed E-state index contributed by atoms with van der Waals surface area (Å²) in [6.45, 7) is 7.17. The molecule has 0 bridgehead atoms. The number of rotatable bonds is 4. The molecule has 0 aromatic carbocycles. The molecule has 0 N–H and O–H groups in total. The Hall–Kier alpha value is -2.70. The monoisotopic (exact) mass is 366 g/mol. The predicted octanol–water partition coefficient (Wildman–Crippen LogP) is 2.00. The Kier molecular flexibility index (Phi) is 5.18. The van der Waals surface area contributed by atoms with Crippen LogP contribution < -0.4 is 9.80 Å². The number of carbonyl (C=O) groups is 1. The number of carbonyl (C=O) groups excluding carboxylic acids is 1. The van der Waals surface area contributed by atoms with Crippen molar-refractivity contribution < 1.29 is 4.79 Å². The molecule has 0 atom stereocenters. The lowest BCUT2D eigenvalue weighted by molar-refractivity contribution is 0.0793. The van der Waals surface area contributed by atoms with Crippen molar-refractivity contribution in [2.75, 3.05) is 49.1 Å². The third-order valence-corrected chi connectivity index (χ3v) is 5.39. The van der Waals surface area contributed by atoms with Crippen LogP contribution in [0.4, 0.5) is 11.6 Å². The highest BCUT2D eigenvalue weighted by atomic mass is 16.2. The Labute approximate surface area is 160 Å². The number of hydrogen-bond acceptors (Lipinski definition) is 6. The van der Waals surface area contributed by atoms with Crippen LogP contribution in [0.1, 0.15) is 35.8 Å². The van der Waals surface area contributed by atoms with Crippen LogP contribution in [0, 0.1) is 0 Å². The first-order valence-corrected chi connectivity index (χ1v) is 9.81. The Morgan fingerprint density at radius 2 is 1.74 bits per heavy atom. The number of aryl methyl sites for hydroxylation is 1. The highest BCUT2D eigenvalue weighted by Crippen LogP contribution is 2.23. The lowest BCUT2D eigenvalue weighted by atomic mass is 10.2. The molecule has 0 aliphatic carbocycles. The minimum atomic E-state index is 0.112. The molecule has 2 aromatic heterocycles. The summed E-state index contributed by atoms with van der Waals surface area (Å²) >= 11 is 0. The second-order valence-electron chi connectivity index (χ2n) is 7.07. The lowest BCUT2D eigenvalue weighted by Gasteiger charge is -2.36. The summed E-state index contributed by atoms with van der Waals surface area (Å²) in [4.78, 5) is 32.6. The first-order chi connectivity index (χ1) is 13.3. The van der Waals surface area contributed by atoms with Gasteiger partial charge in [0.15, 0.2) is 0 Å². The Bertz CT molecular complexity index is 797. The molecular formula is C20H26N6O. The Morgan fingerprint density at radius 1 is 1.00 bits per heavy atom. The summed E-state index contributed by atoms with van der Waals surface area (Å²) in [5.41, 5.74) is 1.79. The van der Waals surface area contributed by atoms with Crippen molar-refractivity contribution >= 4 is 17.5 Å². The van der Waals surface area contributed by atoms with Crippen LogP contribution in [0.5, 0.6) is 0 Å². The van der Waals surface area contributed by atoms with Crippen LogP contribution in [0.25, 0.3) is 0 Å². The van der Waals surface area contributed by atoms with Crippen molar-refractivity contribution in [3.05, 3.63) is 42.0 Å². The topological polar surface area (TPSA) is 65.5 Å². The highest BCUT2D eigenvalue weighted by molar-refractivity contribution is 5.99. The molecule has 1 amide bonds. The van der Waals surface area contributed by atoms with E-state index < -0.39 is 0 Å². The third-order valence-electron chi connectivity index (χ3n) is 5.39. The van der Waals surface area contributed by atoms with Gasteiger partial charge < -0.3 is 14.7 Å². The fourth-order valence-electron chi connectivity index (χ4n) is 3.81. The highest BCUT2D eigenvalue weighted by Gasteiger charge is 2.26. The molecular weight excluding hydrogens is 340 g/mol. The standard InChI is InChI=1S/C20H26N6O/c1-2-16-14-18(23-15-22-16)24-10-12-25(13-11-24)19-17(6-5-7-21-19)20(27)26-8-3-4-9-26/h5-7,14-15H,2-4,8-13H2,1H3. The van der Waals surface area contributed by atoms with Gasteiger partial charge in [0.2, 0.25) is 0 Å². The van der Waals surface area contributed by atoms with Crippen LogP contribution in [0.15, 0.2) is 30.7 Å². The quantitative estimate of drug-likeness (QED) is 0.825. The molecule has 0 spiro atoms. The van der Waals surface area contributed by atoms with Gasteiger partial charge in [-0.2, -0.15) is 0 Å². The second-order valence-corrected chi connectivity index (χ2v) is 7.07. The molecule has 0 radical (unpaired) electrons. The van der Waals surface area contributed by atoms with Gasteiger partial charge in [-0.05, 0) is 31.4 Å². The van der Waals surface area contributed by atoms with Crippen LogP contribution in [-0.4, -0.2) is 65.0 Å². The first-order valence-electron chi connectivity index (χ1n) is 9.81. The number of nitrogens with zero attached hydrogens (tertiary/aromatic N) is 6. The van der Waals surface area contributed by atoms with Crippen molar-refractivity contribution in [2.24, 2.45) is 0 Å². The van der Waals surface area contributed by atoms with Crippen LogP contribution in [-0.2, 0) is 6.42 Å². The van der Waals surface area contributed by atoms with Gasteiger partial charge in [0.05, 0.1) is 5.56 Å². The number of likely N-dealkylation sites (tertiary alicyclic amines) is 1. The summed E-state index contributed by atoms with van der Waals surface area (Å²) in [5, 5.41) is 0. The summed E-state index contributed by atoms with van der Waals surface area (Å²) < 4.78 is 0. The van der Waals surface area contributed by atoms with Gasteiger partial charge in [-0.15, -0.1) is 0 Å². The number of hydrogen-bond donors (Lipinski definition) is 0. The molecule has 0 saturated carbocycles. The van der Waals surface area contributed by atoms with Crippen LogP contribution in [0.3, 0.4) is 0 Å². The Balaban J connectivity index is 1.47. The maximum absolute atomic E-state index is 12.9. The smallest absolute Gasteiger partial charge is 0.257 e. The minimum absolute atomic E-state index is 0.112. The SMILES string of the molecule is CCc1cc(N2CCN(c3ncccc3C(=O)N3CCCC3)CC2)ncn1. The average molecular weight is 366 g/mol. The molecule has 142 valence electrons. The van der Waals surface area contributed by atoms with Crippen molar-refractivity contribution in [1.29, 1.82) is 0 Å². The van der Waals surface area contributed by atoms with Gasteiger partial charge in [0, 0.05) is 57.2 Å². The van der Waals surface area contributed by atoms with E-state index in [-0.39, 0.29) is 5.91 Å². The summed E-state index contributed by atoms with van der Waals surface area (Å²) in [5.74, 6) is 1.91. The minimum Gasteiger partial charge on any atom is -0.353 e. The molecule has 2 saturated heterocycles. The molecule has 2 aliphatic rings. The van der Waals surface area contributed by atoms with E-state index in [9.17, 15) is 4.79 Å². The molecule has 2 fully saturated rings. The number of anilines is 2. The van der Waals surface area contributed by atoms with Gasteiger partial charge in [-0.3, -0.25) is 4.79 Å². The maximum Gasteiger partial charge on any atom is 0.257 e. The average Bonchev–Trinajstić information content (AvgIpc) is 3.28. The number of pyridine rings is 1. The van der Waals surface area contributed by atoms with E-state index in [0.29, 0.717) is 0 Å². The van der Waals surface area contributed by atoms with E-state index in [4.69, 9.17) is 0 Å². The first kappa shape index (κ1) is 17.7. The van der Waals surface area contributed by atoms with E-state index in [1.54, 1.807) is 12.5 Å². The second kappa shape index (κ2) is 7.90. The number of piperazine rings is 1. The summed E-state index contributed by atoms with van der Waals surface area (Å²) in [6, 6.07) is 5.84.